The lowest BCUT2D eigenvalue weighted by molar-refractivity contribution is -0.146. The van der Waals surface area contributed by atoms with E-state index in [0.29, 0.717) is 29.0 Å². The van der Waals surface area contributed by atoms with Crippen LogP contribution >= 0.6 is 15.9 Å². The largest absolute Gasteiger partial charge is 0.480 e. The molecule has 5 nitrogen and oxygen atoms in total. The van der Waals surface area contributed by atoms with Gasteiger partial charge in [-0.05, 0) is 47.5 Å². The number of hydrogen-bond acceptors (Lipinski definition) is 3. The van der Waals surface area contributed by atoms with Crippen LogP contribution in [0.5, 0.6) is 0 Å². The third-order valence-electron chi connectivity index (χ3n) is 4.13. The molecule has 0 aromatic carbocycles. The third-order valence-corrected chi connectivity index (χ3v) is 4.54. The number of halogens is 1. The van der Waals surface area contributed by atoms with E-state index >= 15 is 0 Å². The van der Waals surface area contributed by atoms with Gasteiger partial charge in [-0.2, -0.15) is 0 Å². The number of rotatable bonds is 4. The van der Waals surface area contributed by atoms with Gasteiger partial charge in [-0.15, -0.1) is 0 Å². The van der Waals surface area contributed by atoms with Crippen LogP contribution in [0.4, 0.5) is 0 Å². The van der Waals surface area contributed by atoms with Crippen molar-refractivity contribution in [3.05, 3.63) is 22.6 Å². The van der Waals surface area contributed by atoms with Crippen molar-refractivity contribution in [3.8, 4) is 0 Å². The number of carbonyl (C=O) groups is 2. The van der Waals surface area contributed by atoms with Gasteiger partial charge >= 0.3 is 5.97 Å². The lowest BCUT2D eigenvalue weighted by atomic mass is 9.75. The Balaban J connectivity index is 2.10. The second-order valence-corrected chi connectivity index (χ2v) is 6.11. The molecule has 1 amide bonds. The van der Waals surface area contributed by atoms with E-state index in [4.69, 9.17) is 4.42 Å². The molecule has 1 saturated carbocycles. The number of carboxylic acid groups (broad SMARTS) is 1. The van der Waals surface area contributed by atoms with Crippen molar-refractivity contribution in [2.24, 2.45) is 5.92 Å². The lowest BCUT2D eigenvalue weighted by Crippen LogP contribution is -2.56. The Morgan fingerprint density at radius 3 is 2.60 bits per heavy atom. The molecule has 0 spiro atoms. The second-order valence-electron chi connectivity index (χ2n) is 5.33. The first kappa shape index (κ1) is 15.1. The zero-order chi connectivity index (χ0) is 14.8. The van der Waals surface area contributed by atoms with Crippen LogP contribution in [0, 0.1) is 5.92 Å². The summed E-state index contributed by atoms with van der Waals surface area (Å²) in [4.78, 5) is 23.7. The standard InChI is InChI=1S/C14H18BrNO4/c1-2-9-3-5-14(6-4-9,13(18)19)16-12(17)10-7-11(15)20-8-10/h7-9H,2-6H2,1H3,(H,16,17)(H,18,19). The summed E-state index contributed by atoms with van der Waals surface area (Å²) in [6.45, 7) is 2.11. The van der Waals surface area contributed by atoms with Crippen LogP contribution in [0.3, 0.4) is 0 Å². The summed E-state index contributed by atoms with van der Waals surface area (Å²) in [6.07, 6.45) is 4.98. The molecule has 0 radical (unpaired) electrons. The third kappa shape index (κ3) is 3.06. The van der Waals surface area contributed by atoms with Crippen molar-refractivity contribution < 1.29 is 19.1 Å². The molecule has 0 aliphatic heterocycles. The molecule has 2 N–H and O–H groups in total. The number of aliphatic carboxylic acids is 1. The molecule has 1 fully saturated rings. The summed E-state index contributed by atoms with van der Waals surface area (Å²) < 4.78 is 5.46. The van der Waals surface area contributed by atoms with E-state index in [1.807, 2.05) is 0 Å². The summed E-state index contributed by atoms with van der Waals surface area (Å²) in [5.74, 6) is -0.804. The van der Waals surface area contributed by atoms with Crippen LogP contribution in [0.1, 0.15) is 49.4 Å². The second kappa shape index (κ2) is 5.99. The molecule has 1 aliphatic rings. The normalized spacial score (nSPS) is 26.2. The summed E-state index contributed by atoms with van der Waals surface area (Å²) in [5.41, 5.74) is -0.818. The van der Waals surface area contributed by atoms with Crippen molar-refractivity contribution >= 4 is 27.8 Å². The van der Waals surface area contributed by atoms with Gasteiger partial charge in [0.15, 0.2) is 4.67 Å². The average Bonchev–Trinajstić information content (AvgIpc) is 2.86. The van der Waals surface area contributed by atoms with Gasteiger partial charge in [-0.3, -0.25) is 4.79 Å². The monoisotopic (exact) mass is 343 g/mol. The fourth-order valence-corrected chi connectivity index (χ4v) is 3.03. The Hall–Kier alpha value is -1.30. The Morgan fingerprint density at radius 1 is 1.50 bits per heavy atom. The van der Waals surface area contributed by atoms with E-state index in [2.05, 4.69) is 28.2 Å². The molecular formula is C14H18BrNO4. The van der Waals surface area contributed by atoms with Crippen LogP contribution in [0.15, 0.2) is 21.4 Å². The molecule has 110 valence electrons. The number of carbonyl (C=O) groups excluding carboxylic acids is 1. The van der Waals surface area contributed by atoms with Gasteiger partial charge in [0.25, 0.3) is 5.91 Å². The Morgan fingerprint density at radius 2 is 2.15 bits per heavy atom. The quantitative estimate of drug-likeness (QED) is 0.879. The van der Waals surface area contributed by atoms with E-state index in [-0.39, 0.29) is 0 Å². The summed E-state index contributed by atoms with van der Waals surface area (Å²) in [6, 6.07) is 1.53. The van der Waals surface area contributed by atoms with Gasteiger partial charge < -0.3 is 14.8 Å². The molecule has 0 saturated heterocycles. The van der Waals surface area contributed by atoms with Crippen LogP contribution < -0.4 is 5.32 Å². The van der Waals surface area contributed by atoms with Crippen molar-refractivity contribution in [1.82, 2.24) is 5.32 Å². The minimum Gasteiger partial charge on any atom is -0.480 e. The van der Waals surface area contributed by atoms with E-state index < -0.39 is 17.4 Å². The van der Waals surface area contributed by atoms with Gasteiger partial charge in [-0.1, -0.05) is 13.3 Å². The zero-order valence-corrected chi connectivity index (χ0v) is 12.9. The maximum absolute atomic E-state index is 12.1. The maximum atomic E-state index is 12.1. The Kier molecular flexibility index (Phi) is 4.52. The van der Waals surface area contributed by atoms with Crippen LogP contribution in [-0.2, 0) is 4.79 Å². The van der Waals surface area contributed by atoms with Gasteiger partial charge in [0.2, 0.25) is 0 Å². The topological polar surface area (TPSA) is 79.5 Å². The molecule has 2 rings (SSSR count). The highest BCUT2D eigenvalue weighted by atomic mass is 79.9. The number of carboxylic acids is 1. The Labute approximate surface area is 125 Å². The highest BCUT2D eigenvalue weighted by molar-refractivity contribution is 9.10. The van der Waals surface area contributed by atoms with Gasteiger partial charge in [0.05, 0.1) is 5.56 Å². The van der Waals surface area contributed by atoms with Gasteiger partial charge in [0, 0.05) is 6.07 Å². The fourth-order valence-electron chi connectivity index (χ4n) is 2.69. The van der Waals surface area contributed by atoms with Gasteiger partial charge in [0.1, 0.15) is 11.8 Å². The molecule has 0 atom stereocenters. The number of nitrogens with one attached hydrogen (secondary N) is 1. The molecule has 0 unspecified atom stereocenters. The number of amides is 1. The molecule has 0 bridgehead atoms. The molecule has 1 aromatic heterocycles. The van der Waals surface area contributed by atoms with Crippen LogP contribution in [0.2, 0.25) is 0 Å². The highest BCUT2D eigenvalue weighted by Crippen LogP contribution is 2.34. The minimum absolute atomic E-state index is 0.329. The van der Waals surface area contributed by atoms with E-state index in [1.165, 1.54) is 12.3 Å². The molecule has 6 heteroatoms. The molecule has 20 heavy (non-hydrogen) atoms. The first-order chi connectivity index (χ1) is 9.47. The van der Waals surface area contributed by atoms with Crippen molar-refractivity contribution in [1.29, 1.82) is 0 Å². The summed E-state index contributed by atoms with van der Waals surface area (Å²) >= 11 is 3.12. The smallest absolute Gasteiger partial charge is 0.329 e. The van der Waals surface area contributed by atoms with Crippen molar-refractivity contribution in [2.75, 3.05) is 0 Å². The summed E-state index contributed by atoms with van der Waals surface area (Å²) in [7, 11) is 0. The number of hydrogen-bond donors (Lipinski definition) is 2. The van der Waals surface area contributed by atoms with Crippen molar-refractivity contribution in [3.63, 3.8) is 0 Å². The minimum atomic E-state index is -1.15. The molecular weight excluding hydrogens is 326 g/mol. The Bertz CT molecular complexity index is 503. The number of furan rings is 1. The molecule has 1 aliphatic carbocycles. The SMILES string of the molecule is CCC1CCC(NC(=O)c2coc(Br)c2)(C(=O)O)CC1. The van der Waals surface area contributed by atoms with E-state index in [1.54, 1.807) is 0 Å². The first-order valence-electron chi connectivity index (χ1n) is 6.77. The highest BCUT2D eigenvalue weighted by Gasteiger charge is 2.43. The van der Waals surface area contributed by atoms with E-state index in [9.17, 15) is 14.7 Å². The summed E-state index contributed by atoms with van der Waals surface area (Å²) in [5, 5.41) is 12.2. The van der Waals surface area contributed by atoms with Crippen LogP contribution in [0.25, 0.3) is 0 Å². The lowest BCUT2D eigenvalue weighted by Gasteiger charge is -2.37. The van der Waals surface area contributed by atoms with E-state index in [0.717, 1.165) is 19.3 Å². The predicted octanol–water partition coefficient (Wildman–Crippen LogP) is 3.20. The van der Waals surface area contributed by atoms with Crippen LogP contribution in [-0.4, -0.2) is 22.5 Å². The molecule has 1 aromatic rings. The fraction of sp³-hybridized carbons (Fsp3) is 0.571. The molecule has 1 heterocycles. The maximum Gasteiger partial charge on any atom is 0.329 e. The van der Waals surface area contributed by atoms with Crippen molar-refractivity contribution in [2.45, 2.75) is 44.6 Å². The van der Waals surface area contributed by atoms with Gasteiger partial charge in [-0.25, -0.2) is 4.79 Å². The average molecular weight is 344 g/mol. The predicted molar refractivity (Wildman–Crippen MR) is 76.5 cm³/mol. The first-order valence-corrected chi connectivity index (χ1v) is 7.56. The zero-order valence-electron chi connectivity index (χ0n) is 11.3.